The lowest BCUT2D eigenvalue weighted by Gasteiger charge is -2.22. The Morgan fingerprint density at radius 3 is 2.21 bits per heavy atom. The fourth-order valence-electron chi connectivity index (χ4n) is 3.21. The fraction of sp³-hybridized carbons (Fsp3) is 0.333. The van der Waals surface area contributed by atoms with Crippen molar-refractivity contribution in [3.05, 3.63) is 71.1 Å². The third-order valence-electron chi connectivity index (χ3n) is 4.72. The molecular formula is C21H19F5O2. The SMILES string of the molecule is COCC1CC=C(c2ccc(C(F)(F)Oc3cc(F)c(F)c(F)c3)cc2)CC1. The van der Waals surface area contributed by atoms with Crippen LogP contribution in [0, 0.1) is 23.4 Å². The minimum atomic E-state index is -3.83. The summed E-state index contributed by atoms with van der Waals surface area (Å²) < 4.78 is 77.6. The van der Waals surface area contributed by atoms with Crippen molar-refractivity contribution in [3.8, 4) is 5.75 Å². The molecule has 0 fully saturated rings. The molecule has 1 unspecified atom stereocenters. The molecule has 0 amide bonds. The maximum atomic E-state index is 14.3. The van der Waals surface area contributed by atoms with Gasteiger partial charge in [-0.2, -0.15) is 8.78 Å². The molecule has 0 saturated carbocycles. The zero-order valence-electron chi connectivity index (χ0n) is 15.2. The van der Waals surface area contributed by atoms with Gasteiger partial charge in [0, 0.05) is 25.8 Å². The van der Waals surface area contributed by atoms with Crippen molar-refractivity contribution in [1.29, 1.82) is 0 Å². The minimum absolute atomic E-state index is 0.379. The summed E-state index contributed by atoms with van der Waals surface area (Å²) in [4.78, 5) is 0. The predicted molar refractivity (Wildman–Crippen MR) is 94.5 cm³/mol. The van der Waals surface area contributed by atoms with Gasteiger partial charge in [-0.25, -0.2) is 13.2 Å². The molecule has 0 bridgehead atoms. The lowest BCUT2D eigenvalue weighted by atomic mass is 9.87. The monoisotopic (exact) mass is 398 g/mol. The van der Waals surface area contributed by atoms with Crippen molar-refractivity contribution >= 4 is 5.57 Å². The summed E-state index contributed by atoms with van der Waals surface area (Å²) in [6.07, 6.45) is 0.906. The summed E-state index contributed by atoms with van der Waals surface area (Å²) in [7, 11) is 1.66. The van der Waals surface area contributed by atoms with Gasteiger partial charge in [0.05, 0.1) is 5.56 Å². The highest BCUT2D eigenvalue weighted by Crippen LogP contribution is 2.35. The van der Waals surface area contributed by atoms with E-state index in [0.29, 0.717) is 24.7 Å². The Kier molecular flexibility index (Phi) is 6.03. The molecule has 0 heterocycles. The molecule has 28 heavy (non-hydrogen) atoms. The highest BCUT2D eigenvalue weighted by Gasteiger charge is 2.35. The first-order chi connectivity index (χ1) is 13.3. The van der Waals surface area contributed by atoms with Crippen molar-refractivity contribution in [2.75, 3.05) is 13.7 Å². The van der Waals surface area contributed by atoms with E-state index in [-0.39, 0.29) is 0 Å². The maximum Gasteiger partial charge on any atom is 0.426 e. The summed E-state index contributed by atoms with van der Waals surface area (Å²) in [5.74, 6) is -5.28. The highest BCUT2D eigenvalue weighted by atomic mass is 19.3. The van der Waals surface area contributed by atoms with E-state index in [1.807, 2.05) is 0 Å². The minimum Gasteiger partial charge on any atom is -0.429 e. The number of halogens is 5. The van der Waals surface area contributed by atoms with Crippen molar-refractivity contribution < 1.29 is 31.4 Å². The summed E-state index contributed by atoms with van der Waals surface area (Å²) in [6.45, 7) is 0.691. The van der Waals surface area contributed by atoms with Gasteiger partial charge in [-0.1, -0.05) is 18.2 Å². The molecule has 0 radical (unpaired) electrons. The Bertz CT molecular complexity index is 839. The smallest absolute Gasteiger partial charge is 0.426 e. The molecule has 0 saturated heterocycles. The van der Waals surface area contributed by atoms with E-state index in [1.165, 1.54) is 12.1 Å². The average Bonchev–Trinajstić information content (AvgIpc) is 2.67. The fourth-order valence-corrected chi connectivity index (χ4v) is 3.21. The average molecular weight is 398 g/mol. The van der Waals surface area contributed by atoms with E-state index in [1.54, 1.807) is 19.2 Å². The third-order valence-corrected chi connectivity index (χ3v) is 4.72. The molecule has 1 aliphatic carbocycles. The standard InChI is InChI=1S/C21H19F5O2/c1-27-12-13-2-4-14(5-3-13)15-6-8-16(9-7-15)21(25,26)28-17-10-18(22)20(24)19(23)11-17/h4,6-11,13H,2-3,5,12H2,1H3. The number of benzene rings is 2. The van der Waals surface area contributed by atoms with Crippen molar-refractivity contribution in [2.45, 2.75) is 25.4 Å². The van der Waals surface area contributed by atoms with Gasteiger partial charge >= 0.3 is 6.11 Å². The number of hydrogen-bond acceptors (Lipinski definition) is 2. The van der Waals surface area contributed by atoms with E-state index in [4.69, 9.17) is 4.74 Å². The quantitative estimate of drug-likeness (QED) is 0.435. The number of rotatable bonds is 6. The van der Waals surface area contributed by atoms with E-state index < -0.39 is 34.9 Å². The van der Waals surface area contributed by atoms with Crippen LogP contribution in [0.1, 0.15) is 30.4 Å². The van der Waals surface area contributed by atoms with Crippen molar-refractivity contribution in [3.63, 3.8) is 0 Å². The topological polar surface area (TPSA) is 18.5 Å². The van der Waals surface area contributed by atoms with Crippen LogP contribution in [-0.2, 0) is 10.8 Å². The number of alkyl halides is 2. The van der Waals surface area contributed by atoms with Gasteiger partial charge in [0.2, 0.25) is 0 Å². The summed E-state index contributed by atoms with van der Waals surface area (Å²) in [5, 5.41) is 0. The van der Waals surface area contributed by atoms with E-state index in [9.17, 15) is 22.0 Å². The van der Waals surface area contributed by atoms with Crippen LogP contribution in [0.2, 0.25) is 0 Å². The highest BCUT2D eigenvalue weighted by molar-refractivity contribution is 5.66. The van der Waals surface area contributed by atoms with Crippen LogP contribution in [0.4, 0.5) is 22.0 Å². The second kappa shape index (κ2) is 8.31. The van der Waals surface area contributed by atoms with Crippen LogP contribution in [0.15, 0.2) is 42.5 Å². The molecule has 0 aromatic heterocycles. The largest absolute Gasteiger partial charge is 0.429 e. The Morgan fingerprint density at radius 2 is 1.68 bits per heavy atom. The van der Waals surface area contributed by atoms with Gasteiger partial charge in [-0.3, -0.25) is 0 Å². The Hall–Kier alpha value is -2.41. The van der Waals surface area contributed by atoms with Crippen LogP contribution in [0.25, 0.3) is 5.57 Å². The van der Waals surface area contributed by atoms with Gasteiger partial charge in [-0.15, -0.1) is 0 Å². The van der Waals surface area contributed by atoms with Crippen LogP contribution in [-0.4, -0.2) is 13.7 Å². The van der Waals surface area contributed by atoms with Gasteiger partial charge < -0.3 is 9.47 Å². The molecule has 2 aromatic rings. The van der Waals surface area contributed by atoms with Gasteiger partial charge in [0.25, 0.3) is 0 Å². The first-order valence-electron chi connectivity index (χ1n) is 8.80. The molecule has 1 atom stereocenters. The lowest BCUT2D eigenvalue weighted by Crippen LogP contribution is -2.22. The molecule has 2 nitrogen and oxygen atoms in total. The Morgan fingerprint density at radius 1 is 1.04 bits per heavy atom. The molecule has 3 rings (SSSR count). The maximum absolute atomic E-state index is 14.3. The number of allylic oxidation sites excluding steroid dienone is 2. The van der Waals surface area contributed by atoms with E-state index in [2.05, 4.69) is 10.8 Å². The zero-order chi connectivity index (χ0) is 20.3. The molecule has 0 spiro atoms. The predicted octanol–water partition coefficient (Wildman–Crippen LogP) is 6.06. The first kappa shape index (κ1) is 20.3. The summed E-state index contributed by atoms with van der Waals surface area (Å²) in [5.41, 5.74) is 1.43. The first-order valence-corrected chi connectivity index (χ1v) is 8.80. The Labute approximate surface area is 159 Å². The van der Waals surface area contributed by atoms with Gasteiger partial charge in [0.15, 0.2) is 17.5 Å². The summed E-state index contributed by atoms with van der Waals surface area (Å²) >= 11 is 0. The van der Waals surface area contributed by atoms with Crippen LogP contribution < -0.4 is 4.74 Å². The van der Waals surface area contributed by atoms with Gasteiger partial charge in [0.1, 0.15) is 5.75 Å². The second-order valence-electron chi connectivity index (χ2n) is 6.72. The molecule has 0 N–H and O–H groups in total. The number of ether oxygens (including phenoxy) is 2. The molecule has 7 heteroatoms. The second-order valence-corrected chi connectivity index (χ2v) is 6.72. The molecule has 1 aliphatic rings. The van der Waals surface area contributed by atoms with E-state index in [0.717, 1.165) is 30.4 Å². The molecule has 2 aromatic carbocycles. The normalized spacial score (nSPS) is 17.4. The molecular weight excluding hydrogens is 379 g/mol. The number of hydrogen-bond donors (Lipinski definition) is 0. The van der Waals surface area contributed by atoms with Crippen LogP contribution in [0.5, 0.6) is 5.75 Å². The van der Waals surface area contributed by atoms with Crippen molar-refractivity contribution in [1.82, 2.24) is 0 Å². The number of methoxy groups -OCH3 is 1. The van der Waals surface area contributed by atoms with Gasteiger partial charge in [-0.05, 0) is 48.4 Å². The third kappa shape index (κ3) is 4.52. The van der Waals surface area contributed by atoms with Crippen molar-refractivity contribution in [2.24, 2.45) is 5.92 Å². The van der Waals surface area contributed by atoms with Crippen LogP contribution >= 0.6 is 0 Å². The molecule has 0 aliphatic heterocycles. The van der Waals surface area contributed by atoms with E-state index >= 15 is 0 Å². The van der Waals surface area contributed by atoms with Crippen LogP contribution in [0.3, 0.4) is 0 Å². The summed E-state index contributed by atoms with van der Waals surface area (Å²) in [6, 6.07) is 6.27. The zero-order valence-corrected chi connectivity index (χ0v) is 15.2. The lowest BCUT2D eigenvalue weighted by molar-refractivity contribution is -0.185. The Balaban J connectivity index is 1.73. The molecule has 150 valence electrons.